The number of benzene rings is 1. The number of hydrogen-bond donors (Lipinski definition) is 3. The molecule has 0 spiro atoms. The van der Waals surface area contributed by atoms with Crippen LogP contribution in [-0.2, 0) is 0 Å². The number of H-pyrrole nitrogens is 1. The van der Waals surface area contributed by atoms with Crippen LogP contribution in [0.25, 0.3) is 11.0 Å². The van der Waals surface area contributed by atoms with Gasteiger partial charge in [-0.05, 0) is 25.1 Å². The molecule has 3 rings (SSSR count). The lowest BCUT2D eigenvalue weighted by atomic mass is 10.2. The first kappa shape index (κ1) is 12.2. The summed E-state index contributed by atoms with van der Waals surface area (Å²) in [5.74, 6) is 0.675. The van der Waals surface area contributed by atoms with Crippen molar-refractivity contribution in [1.29, 1.82) is 0 Å². The van der Waals surface area contributed by atoms with Gasteiger partial charge in [-0.2, -0.15) is 9.97 Å². The van der Waals surface area contributed by atoms with Crippen LogP contribution in [0.3, 0.4) is 0 Å². The molecule has 4 N–H and O–H groups in total. The second-order valence-corrected chi connectivity index (χ2v) is 4.47. The minimum Gasteiger partial charge on any atom is -0.383 e. The van der Waals surface area contributed by atoms with Crippen LogP contribution in [0.4, 0.5) is 17.5 Å². The molecule has 2 aromatic heterocycles. The molecule has 2 heterocycles. The van der Waals surface area contributed by atoms with E-state index in [4.69, 9.17) is 5.73 Å². The maximum atomic E-state index is 11.6. The van der Waals surface area contributed by atoms with Crippen LogP contribution in [0, 0.1) is 6.92 Å². The van der Waals surface area contributed by atoms with E-state index in [9.17, 15) is 4.79 Å². The number of aromatic amines is 1. The molecule has 3 aromatic rings. The standard InChI is InChI=1S/C14H13N5O/c1-8-7-10-11(15)17-14(19-12(10)18-13(8)20)16-9-5-3-2-4-6-9/h2-7H,1H3,(H4,15,16,17,18,19,20). The van der Waals surface area contributed by atoms with Crippen LogP contribution >= 0.6 is 0 Å². The SMILES string of the molecule is Cc1cc2c(N)nc(Nc3ccccc3)nc2[nH]c1=O. The average molecular weight is 267 g/mol. The van der Waals surface area contributed by atoms with E-state index in [1.54, 1.807) is 13.0 Å². The van der Waals surface area contributed by atoms with Gasteiger partial charge in [0, 0.05) is 11.3 Å². The van der Waals surface area contributed by atoms with Gasteiger partial charge < -0.3 is 16.0 Å². The highest BCUT2D eigenvalue weighted by molar-refractivity contribution is 5.86. The summed E-state index contributed by atoms with van der Waals surface area (Å²) in [7, 11) is 0. The molecule has 0 unspecified atom stereocenters. The quantitative estimate of drug-likeness (QED) is 0.659. The van der Waals surface area contributed by atoms with Gasteiger partial charge in [0.25, 0.3) is 5.56 Å². The summed E-state index contributed by atoms with van der Waals surface area (Å²) in [5, 5.41) is 3.69. The predicted octanol–water partition coefficient (Wildman–Crippen LogP) is 1.95. The zero-order valence-electron chi connectivity index (χ0n) is 10.8. The summed E-state index contributed by atoms with van der Waals surface area (Å²) in [6.07, 6.45) is 0. The number of rotatable bonds is 2. The highest BCUT2D eigenvalue weighted by Crippen LogP contribution is 2.19. The van der Waals surface area contributed by atoms with Gasteiger partial charge in [-0.1, -0.05) is 18.2 Å². The molecule has 0 aliphatic rings. The van der Waals surface area contributed by atoms with Gasteiger partial charge in [-0.25, -0.2) is 0 Å². The van der Waals surface area contributed by atoms with E-state index in [0.29, 0.717) is 28.4 Å². The Labute approximate surface area is 114 Å². The van der Waals surface area contributed by atoms with E-state index in [2.05, 4.69) is 20.3 Å². The first-order valence-electron chi connectivity index (χ1n) is 6.13. The van der Waals surface area contributed by atoms with Crippen LogP contribution in [-0.4, -0.2) is 15.0 Å². The molecule has 0 fully saturated rings. The van der Waals surface area contributed by atoms with E-state index >= 15 is 0 Å². The van der Waals surface area contributed by atoms with Crippen LogP contribution in [0.5, 0.6) is 0 Å². The van der Waals surface area contributed by atoms with E-state index < -0.39 is 0 Å². The summed E-state index contributed by atoms with van der Waals surface area (Å²) in [4.78, 5) is 22.8. The van der Waals surface area contributed by atoms with Gasteiger partial charge in [0.15, 0.2) is 0 Å². The van der Waals surface area contributed by atoms with Gasteiger partial charge in [-0.3, -0.25) is 4.79 Å². The third-order valence-electron chi connectivity index (χ3n) is 2.96. The third-order valence-corrected chi connectivity index (χ3v) is 2.96. The van der Waals surface area contributed by atoms with Crippen molar-refractivity contribution in [2.24, 2.45) is 0 Å². The average Bonchev–Trinajstić information content (AvgIpc) is 2.42. The number of para-hydroxylation sites is 1. The number of aryl methyl sites for hydroxylation is 1. The van der Waals surface area contributed by atoms with Crippen LogP contribution < -0.4 is 16.6 Å². The molecule has 20 heavy (non-hydrogen) atoms. The summed E-state index contributed by atoms with van der Waals surface area (Å²) in [6, 6.07) is 11.2. The molecule has 1 aromatic carbocycles. The van der Waals surface area contributed by atoms with Gasteiger partial charge in [-0.15, -0.1) is 0 Å². The van der Waals surface area contributed by atoms with Crippen LogP contribution in [0.1, 0.15) is 5.56 Å². The minimum atomic E-state index is -0.179. The Hall–Kier alpha value is -2.89. The number of nitrogens with one attached hydrogen (secondary N) is 2. The Morgan fingerprint density at radius 2 is 1.95 bits per heavy atom. The minimum absolute atomic E-state index is 0.179. The van der Waals surface area contributed by atoms with Crippen molar-refractivity contribution >= 4 is 28.5 Å². The summed E-state index contributed by atoms with van der Waals surface area (Å²) < 4.78 is 0. The number of pyridine rings is 1. The van der Waals surface area contributed by atoms with Gasteiger partial charge in [0.2, 0.25) is 5.95 Å². The van der Waals surface area contributed by atoms with Gasteiger partial charge in [0.05, 0.1) is 5.39 Å². The molecule has 0 aliphatic heterocycles. The summed E-state index contributed by atoms with van der Waals surface area (Å²) in [5.41, 5.74) is 7.59. The third kappa shape index (κ3) is 2.18. The number of fused-ring (bicyclic) bond motifs is 1. The zero-order chi connectivity index (χ0) is 14.1. The molecule has 0 amide bonds. The molecule has 0 bridgehead atoms. The Morgan fingerprint density at radius 1 is 1.20 bits per heavy atom. The lowest BCUT2D eigenvalue weighted by molar-refractivity contribution is 1.14. The van der Waals surface area contributed by atoms with Crippen molar-refractivity contribution in [2.75, 3.05) is 11.1 Å². The lowest BCUT2D eigenvalue weighted by Crippen LogP contribution is -2.11. The van der Waals surface area contributed by atoms with E-state index in [1.807, 2.05) is 30.3 Å². The molecular weight excluding hydrogens is 254 g/mol. The van der Waals surface area contributed by atoms with Crippen LogP contribution in [0.15, 0.2) is 41.2 Å². The highest BCUT2D eigenvalue weighted by Gasteiger charge is 2.08. The fraction of sp³-hybridized carbons (Fsp3) is 0.0714. The fourth-order valence-electron chi connectivity index (χ4n) is 1.92. The molecule has 6 heteroatoms. The molecule has 0 radical (unpaired) electrons. The smallest absolute Gasteiger partial charge is 0.252 e. The van der Waals surface area contributed by atoms with Gasteiger partial charge >= 0.3 is 0 Å². The van der Waals surface area contributed by atoms with E-state index in [-0.39, 0.29) is 5.56 Å². The molecule has 0 aliphatic carbocycles. The Kier molecular flexibility index (Phi) is 2.83. The maximum Gasteiger partial charge on any atom is 0.252 e. The molecule has 0 saturated carbocycles. The molecule has 100 valence electrons. The summed E-state index contributed by atoms with van der Waals surface area (Å²) >= 11 is 0. The van der Waals surface area contributed by atoms with Gasteiger partial charge in [0.1, 0.15) is 11.5 Å². The molecule has 0 atom stereocenters. The Balaban J connectivity index is 2.10. The van der Waals surface area contributed by atoms with Crippen molar-refractivity contribution in [1.82, 2.24) is 15.0 Å². The molecular formula is C14H13N5O. The molecule has 0 saturated heterocycles. The normalized spacial score (nSPS) is 10.7. The largest absolute Gasteiger partial charge is 0.383 e. The topological polar surface area (TPSA) is 96.7 Å². The maximum absolute atomic E-state index is 11.6. The van der Waals surface area contributed by atoms with Crippen molar-refractivity contribution in [2.45, 2.75) is 6.92 Å². The Bertz CT molecular complexity index is 826. The summed E-state index contributed by atoms with van der Waals surface area (Å²) in [6.45, 7) is 1.72. The zero-order valence-corrected chi connectivity index (χ0v) is 10.8. The first-order valence-corrected chi connectivity index (χ1v) is 6.13. The number of nitrogens with zero attached hydrogens (tertiary/aromatic N) is 2. The number of aromatic nitrogens is 3. The monoisotopic (exact) mass is 267 g/mol. The second-order valence-electron chi connectivity index (χ2n) is 4.47. The lowest BCUT2D eigenvalue weighted by Gasteiger charge is -2.07. The van der Waals surface area contributed by atoms with Crippen LogP contribution in [0.2, 0.25) is 0 Å². The number of nitrogen functional groups attached to an aromatic ring is 1. The van der Waals surface area contributed by atoms with Crippen molar-refractivity contribution in [3.8, 4) is 0 Å². The predicted molar refractivity (Wildman–Crippen MR) is 79.0 cm³/mol. The molecule has 6 nitrogen and oxygen atoms in total. The number of anilines is 3. The van der Waals surface area contributed by atoms with Crippen molar-refractivity contribution in [3.05, 3.63) is 52.3 Å². The number of nitrogens with two attached hydrogens (primary N) is 1. The van der Waals surface area contributed by atoms with E-state index in [1.165, 1.54) is 0 Å². The highest BCUT2D eigenvalue weighted by atomic mass is 16.1. The second kappa shape index (κ2) is 4.65. The van der Waals surface area contributed by atoms with E-state index in [0.717, 1.165) is 5.69 Å². The fourth-order valence-corrected chi connectivity index (χ4v) is 1.92. The number of hydrogen-bond acceptors (Lipinski definition) is 5. The Morgan fingerprint density at radius 3 is 2.70 bits per heavy atom. The van der Waals surface area contributed by atoms with Crippen molar-refractivity contribution in [3.63, 3.8) is 0 Å². The van der Waals surface area contributed by atoms with Crippen molar-refractivity contribution < 1.29 is 0 Å². The first-order chi connectivity index (χ1) is 9.63.